The number of hydrogen-bond acceptors (Lipinski definition) is 4. The molecule has 6 heteroatoms. The second kappa shape index (κ2) is 6.39. The number of carboxylic acids is 1. The van der Waals surface area contributed by atoms with Crippen molar-refractivity contribution in [3.05, 3.63) is 30.1 Å². The molecule has 1 aromatic rings. The highest BCUT2D eigenvalue weighted by atomic mass is 16.5. The van der Waals surface area contributed by atoms with Gasteiger partial charge in [0.15, 0.2) is 0 Å². The van der Waals surface area contributed by atoms with Crippen LogP contribution in [0.25, 0.3) is 0 Å². The lowest BCUT2D eigenvalue weighted by molar-refractivity contribution is -0.136. The molecular weight excluding hydrogens is 212 g/mol. The van der Waals surface area contributed by atoms with E-state index in [1.54, 1.807) is 24.5 Å². The van der Waals surface area contributed by atoms with Crippen LogP contribution >= 0.6 is 0 Å². The molecule has 0 saturated carbocycles. The third kappa shape index (κ3) is 4.94. The van der Waals surface area contributed by atoms with Crippen LogP contribution in [-0.4, -0.2) is 28.7 Å². The molecule has 1 rings (SSSR count). The minimum absolute atomic E-state index is 0.0568. The van der Waals surface area contributed by atoms with E-state index in [1.165, 1.54) is 0 Å². The van der Waals surface area contributed by atoms with E-state index in [2.05, 4.69) is 10.3 Å². The lowest BCUT2D eigenvalue weighted by atomic mass is 10.3. The number of alkyl carbamates (subject to hydrolysis) is 1. The van der Waals surface area contributed by atoms with Crippen LogP contribution in [0.15, 0.2) is 24.5 Å². The van der Waals surface area contributed by atoms with Gasteiger partial charge in [-0.05, 0) is 6.07 Å². The zero-order chi connectivity index (χ0) is 11.8. The Bertz CT molecular complexity index is 353. The molecule has 1 heterocycles. The number of carboxylic acid groups (broad SMARTS) is 1. The molecule has 6 nitrogen and oxygen atoms in total. The van der Waals surface area contributed by atoms with E-state index in [1.807, 2.05) is 0 Å². The summed E-state index contributed by atoms with van der Waals surface area (Å²) in [5, 5.41) is 10.7. The van der Waals surface area contributed by atoms with Gasteiger partial charge in [-0.2, -0.15) is 0 Å². The van der Waals surface area contributed by atoms with Gasteiger partial charge >= 0.3 is 12.1 Å². The predicted octanol–water partition coefficient (Wildman–Crippen LogP) is 0.782. The van der Waals surface area contributed by atoms with Crippen molar-refractivity contribution in [2.24, 2.45) is 0 Å². The van der Waals surface area contributed by atoms with E-state index in [0.717, 1.165) is 5.56 Å². The number of aliphatic carboxylic acids is 1. The zero-order valence-electron chi connectivity index (χ0n) is 8.55. The van der Waals surface area contributed by atoms with Crippen LogP contribution in [0.2, 0.25) is 0 Å². The Balaban J connectivity index is 2.18. The normalized spacial score (nSPS) is 9.50. The fourth-order valence-electron chi connectivity index (χ4n) is 0.955. The number of ether oxygens (including phenoxy) is 1. The van der Waals surface area contributed by atoms with Crippen LogP contribution in [0.1, 0.15) is 12.0 Å². The average molecular weight is 224 g/mol. The fraction of sp³-hybridized carbons (Fsp3) is 0.300. The summed E-state index contributed by atoms with van der Waals surface area (Å²) in [6.07, 6.45) is 2.45. The predicted molar refractivity (Wildman–Crippen MR) is 54.7 cm³/mol. The molecule has 0 aliphatic rings. The molecule has 86 valence electrons. The topological polar surface area (TPSA) is 88.5 Å². The van der Waals surface area contributed by atoms with E-state index in [9.17, 15) is 9.59 Å². The Morgan fingerprint density at radius 2 is 2.31 bits per heavy atom. The molecule has 0 fully saturated rings. The Hall–Kier alpha value is -2.11. The van der Waals surface area contributed by atoms with Gasteiger partial charge in [0.2, 0.25) is 0 Å². The molecule has 0 unspecified atom stereocenters. The number of rotatable bonds is 5. The van der Waals surface area contributed by atoms with Gasteiger partial charge in [-0.1, -0.05) is 6.07 Å². The van der Waals surface area contributed by atoms with Crippen molar-refractivity contribution >= 4 is 12.1 Å². The quantitative estimate of drug-likeness (QED) is 0.771. The highest BCUT2D eigenvalue weighted by molar-refractivity contribution is 5.70. The molecule has 1 amide bonds. The van der Waals surface area contributed by atoms with Gasteiger partial charge in [-0.15, -0.1) is 0 Å². The second-order valence-electron chi connectivity index (χ2n) is 3.01. The van der Waals surface area contributed by atoms with Crippen molar-refractivity contribution < 1.29 is 19.4 Å². The van der Waals surface area contributed by atoms with Gasteiger partial charge in [-0.25, -0.2) is 4.79 Å². The summed E-state index contributed by atoms with van der Waals surface area (Å²) in [7, 11) is 0. The van der Waals surface area contributed by atoms with Crippen molar-refractivity contribution in [2.45, 2.75) is 13.0 Å². The molecule has 0 aliphatic carbocycles. The van der Waals surface area contributed by atoms with Gasteiger partial charge in [0.05, 0.1) is 6.42 Å². The van der Waals surface area contributed by atoms with Gasteiger partial charge in [0.1, 0.15) is 6.61 Å². The van der Waals surface area contributed by atoms with E-state index < -0.39 is 12.1 Å². The first kappa shape index (κ1) is 12.0. The SMILES string of the molecule is O=C(O)CCNC(=O)OCc1cccnc1. The molecular formula is C10H12N2O4. The van der Waals surface area contributed by atoms with Crippen molar-refractivity contribution in [3.63, 3.8) is 0 Å². The lowest BCUT2D eigenvalue weighted by Gasteiger charge is -2.05. The molecule has 1 aromatic heterocycles. The van der Waals surface area contributed by atoms with Crippen LogP contribution in [0.5, 0.6) is 0 Å². The maximum Gasteiger partial charge on any atom is 0.407 e. The van der Waals surface area contributed by atoms with Gasteiger partial charge in [-0.3, -0.25) is 9.78 Å². The van der Waals surface area contributed by atoms with Crippen molar-refractivity contribution in [1.82, 2.24) is 10.3 Å². The Kier molecular flexibility index (Phi) is 4.78. The number of nitrogens with one attached hydrogen (secondary N) is 1. The third-order valence-corrected chi connectivity index (χ3v) is 1.70. The summed E-state index contributed by atoms with van der Waals surface area (Å²) in [5.41, 5.74) is 0.774. The summed E-state index contributed by atoms with van der Waals surface area (Å²) in [4.78, 5) is 25.1. The molecule has 0 saturated heterocycles. The van der Waals surface area contributed by atoms with E-state index >= 15 is 0 Å². The Morgan fingerprint density at radius 3 is 2.94 bits per heavy atom. The van der Waals surface area contributed by atoms with Crippen molar-refractivity contribution in [2.75, 3.05) is 6.54 Å². The van der Waals surface area contributed by atoms with Gasteiger partial charge in [0.25, 0.3) is 0 Å². The van der Waals surface area contributed by atoms with Crippen LogP contribution in [0.3, 0.4) is 0 Å². The minimum Gasteiger partial charge on any atom is -0.481 e. The molecule has 2 N–H and O–H groups in total. The van der Waals surface area contributed by atoms with Crippen LogP contribution < -0.4 is 5.32 Å². The first-order valence-electron chi connectivity index (χ1n) is 4.70. The van der Waals surface area contributed by atoms with Crippen molar-refractivity contribution in [3.8, 4) is 0 Å². The summed E-state index contributed by atoms with van der Waals surface area (Å²) in [6.45, 7) is 0.175. The number of nitrogens with zero attached hydrogens (tertiary/aromatic N) is 1. The van der Waals surface area contributed by atoms with Gasteiger partial charge in [0, 0.05) is 24.5 Å². The second-order valence-corrected chi connectivity index (χ2v) is 3.01. The number of hydrogen-bond donors (Lipinski definition) is 2. The molecule has 0 spiro atoms. The highest BCUT2D eigenvalue weighted by Gasteiger charge is 2.03. The number of carbonyl (C=O) groups is 2. The lowest BCUT2D eigenvalue weighted by Crippen LogP contribution is -2.26. The fourth-order valence-corrected chi connectivity index (χ4v) is 0.955. The first-order valence-corrected chi connectivity index (χ1v) is 4.70. The minimum atomic E-state index is -0.965. The summed E-state index contributed by atoms with van der Waals surface area (Å²) in [5.74, 6) is -0.965. The van der Waals surface area contributed by atoms with Crippen LogP contribution in [0.4, 0.5) is 4.79 Å². The van der Waals surface area contributed by atoms with Crippen LogP contribution in [-0.2, 0) is 16.1 Å². The van der Waals surface area contributed by atoms with Gasteiger partial charge < -0.3 is 15.2 Å². The highest BCUT2D eigenvalue weighted by Crippen LogP contribution is 1.97. The smallest absolute Gasteiger partial charge is 0.407 e. The largest absolute Gasteiger partial charge is 0.481 e. The summed E-state index contributed by atoms with van der Waals surface area (Å²) >= 11 is 0. The summed E-state index contributed by atoms with van der Waals surface area (Å²) in [6, 6.07) is 3.51. The molecule has 0 atom stereocenters. The molecule has 0 aromatic carbocycles. The molecule has 0 bridgehead atoms. The third-order valence-electron chi connectivity index (χ3n) is 1.70. The number of aromatic nitrogens is 1. The Morgan fingerprint density at radius 1 is 1.50 bits per heavy atom. The number of carbonyl (C=O) groups excluding carboxylic acids is 1. The zero-order valence-corrected chi connectivity index (χ0v) is 8.55. The monoisotopic (exact) mass is 224 g/mol. The summed E-state index contributed by atoms with van der Waals surface area (Å²) < 4.78 is 4.83. The number of pyridine rings is 1. The Labute approximate surface area is 92.3 Å². The maximum absolute atomic E-state index is 11.1. The first-order chi connectivity index (χ1) is 7.68. The molecule has 0 radical (unpaired) electrons. The van der Waals surface area contributed by atoms with Crippen LogP contribution in [0, 0.1) is 0 Å². The molecule has 16 heavy (non-hydrogen) atoms. The number of amides is 1. The van der Waals surface area contributed by atoms with E-state index in [4.69, 9.17) is 9.84 Å². The average Bonchev–Trinajstić information content (AvgIpc) is 2.27. The van der Waals surface area contributed by atoms with E-state index in [0.29, 0.717) is 0 Å². The van der Waals surface area contributed by atoms with Crippen molar-refractivity contribution in [1.29, 1.82) is 0 Å². The van der Waals surface area contributed by atoms with E-state index in [-0.39, 0.29) is 19.6 Å². The standard InChI is InChI=1S/C10H12N2O4/c13-9(14)3-5-12-10(15)16-7-8-2-1-4-11-6-8/h1-2,4,6H,3,5,7H2,(H,12,15)(H,13,14). The maximum atomic E-state index is 11.1. The molecule has 0 aliphatic heterocycles.